The van der Waals surface area contributed by atoms with Gasteiger partial charge in [-0.3, -0.25) is 4.79 Å². The Hall–Kier alpha value is -0.180. The molecule has 2 nitrogen and oxygen atoms in total. The number of carbonyl (C=O) groups is 1. The standard InChI is InChI=1S/C15H31NOS/c1-3-4-5-6-7-8-9-10-11-12-13-18-14(2)15(16)17/h14H,3-13H2,1-2H3,(H2,16,17). The smallest absolute Gasteiger partial charge is 0.230 e. The van der Waals surface area contributed by atoms with Gasteiger partial charge >= 0.3 is 0 Å². The lowest BCUT2D eigenvalue weighted by atomic mass is 10.1. The van der Waals surface area contributed by atoms with E-state index in [1.165, 1.54) is 64.2 Å². The molecule has 0 aliphatic carbocycles. The molecular weight excluding hydrogens is 242 g/mol. The van der Waals surface area contributed by atoms with E-state index in [9.17, 15) is 4.79 Å². The van der Waals surface area contributed by atoms with Crippen LogP contribution >= 0.6 is 11.8 Å². The first-order valence-corrected chi connectivity index (χ1v) is 8.64. The van der Waals surface area contributed by atoms with E-state index in [0.29, 0.717) is 0 Å². The molecule has 1 unspecified atom stereocenters. The Balaban J connectivity index is 3.05. The van der Waals surface area contributed by atoms with Gasteiger partial charge < -0.3 is 5.73 Å². The second kappa shape index (κ2) is 13.3. The first-order valence-electron chi connectivity index (χ1n) is 7.59. The van der Waals surface area contributed by atoms with Crippen LogP contribution in [0.1, 0.15) is 78.1 Å². The summed E-state index contributed by atoms with van der Waals surface area (Å²) in [4.78, 5) is 10.8. The maximum atomic E-state index is 10.8. The highest BCUT2D eigenvalue weighted by Crippen LogP contribution is 2.15. The maximum absolute atomic E-state index is 10.8. The van der Waals surface area contributed by atoms with Gasteiger partial charge in [0, 0.05) is 0 Å². The number of primary amides is 1. The second-order valence-corrected chi connectivity index (χ2v) is 6.55. The number of hydrogen-bond acceptors (Lipinski definition) is 2. The van der Waals surface area contributed by atoms with Gasteiger partial charge in [-0.15, -0.1) is 11.8 Å². The van der Waals surface area contributed by atoms with Crippen molar-refractivity contribution in [3.8, 4) is 0 Å². The average Bonchev–Trinajstić information content (AvgIpc) is 2.35. The van der Waals surface area contributed by atoms with Gasteiger partial charge in [-0.25, -0.2) is 0 Å². The molecule has 0 fully saturated rings. The van der Waals surface area contributed by atoms with Gasteiger partial charge in [-0.2, -0.15) is 0 Å². The van der Waals surface area contributed by atoms with Crippen molar-refractivity contribution < 1.29 is 4.79 Å². The zero-order valence-electron chi connectivity index (χ0n) is 12.2. The average molecular weight is 273 g/mol. The van der Waals surface area contributed by atoms with Crippen LogP contribution in [0.5, 0.6) is 0 Å². The quantitative estimate of drug-likeness (QED) is 0.502. The summed E-state index contributed by atoms with van der Waals surface area (Å²) in [5.41, 5.74) is 5.21. The summed E-state index contributed by atoms with van der Waals surface area (Å²) in [5, 5.41) is -0.0245. The molecule has 1 amide bonds. The zero-order valence-corrected chi connectivity index (χ0v) is 13.1. The lowest BCUT2D eigenvalue weighted by molar-refractivity contribution is -0.117. The number of thioether (sulfide) groups is 1. The zero-order chi connectivity index (χ0) is 13.6. The molecule has 0 rings (SSSR count). The van der Waals surface area contributed by atoms with Crippen LogP contribution in [0.2, 0.25) is 0 Å². The minimum absolute atomic E-state index is 0.0245. The molecule has 2 N–H and O–H groups in total. The lowest BCUT2D eigenvalue weighted by Gasteiger charge is -2.06. The Morgan fingerprint density at radius 3 is 1.83 bits per heavy atom. The monoisotopic (exact) mass is 273 g/mol. The van der Waals surface area contributed by atoms with Crippen molar-refractivity contribution in [3.05, 3.63) is 0 Å². The van der Waals surface area contributed by atoms with Crippen LogP contribution in [0.3, 0.4) is 0 Å². The summed E-state index contributed by atoms with van der Waals surface area (Å²) in [5.74, 6) is 0.882. The third-order valence-corrected chi connectivity index (χ3v) is 4.52. The normalized spacial score (nSPS) is 12.6. The molecule has 0 spiro atoms. The highest BCUT2D eigenvalue weighted by Gasteiger charge is 2.07. The van der Waals surface area contributed by atoms with Gasteiger partial charge in [-0.1, -0.05) is 64.7 Å². The predicted molar refractivity (Wildman–Crippen MR) is 83.0 cm³/mol. The molecule has 0 radical (unpaired) electrons. The molecule has 108 valence electrons. The first-order chi connectivity index (χ1) is 8.68. The molecule has 0 bridgehead atoms. The molecule has 0 aromatic rings. The van der Waals surface area contributed by atoms with Crippen molar-refractivity contribution in [2.75, 3.05) is 5.75 Å². The Labute approximate surface area is 117 Å². The Bertz CT molecular complexity index is 197. The highest BCUT2D eigenvalue weighted by molar-refractivity contribution is 8.00. The van der Waals surface area contributed by atoms with Crippen molar-refractivity contribution >= 4 is 17.7 Å². The summed E-state index contributed by atoms with van der Waals surface area (Å²) >= 11 is 1.69. The van der Waals surface area contributed by atoms with Crippen molar-refractivity contribution in [2.24, 2.45) is 5.73 Å². The highest BCUT2D eigenvalue weighted by atomic mass is 32.2. The van der Waals surface area contributed by atoms with E-state index >= 15 is 0 Å². The minimum atomic E-state index is -0.188. The van der Waals surface area contributed by atoms with Crippen molar-refractivity contribution in [1.29, 1.82) is 0 Å². The fourth-order valence-corrected chi connectivity index (χ4v) is 2.82. The molecule has 0 aliphatic rings. The first kappa shape index (κ1) is 17.8. The summed E-state index contributed by atoms with van der Waals surface area (Å²) in [7, 11) is 0. The van der Waals surface area contributed by atoms with Gasteiger partial charge in [0.05, 0.1) is 5.25 Å². The molecule has 18 heavy (non-hydrogen) atoms. The summed E-state index contributed by atoms with van der Waals surface area (Å²) < 4.78 is 0. The van der Waals surface area contributed by atoms with Gasteiger partial charge in [0.15, 0.2) is 0 Å². The molecular formula is C15H31NOS. The SMILES string of the molecule is CCCCCCCCCCCCSC(C)C(N)=O. The largest absolute Gasteiger partial charge is 0.369 e. The number of rotatable bonds is 13. The lowest BCUT2D eigenvalue weighted by Crippen LogP contribution is -2.22. The fraction of sp³-hybridized carbons (Fsp3) is 0.933. The molecule has 0 saturated carbocycles. The van der Waals surface area contributed by atoms with E-state index in [1.54, 1.807) is 11.8 Å². The molecule has 1 atom stereocenters. The fourth-order valence-electron chi connectivity index (χ4n) is 1.93. The maximum Gasteiger partial charge on any atom is 0.230 e. The van der Waals surface area contributed by atoms with Gasteiger partial charge in [0.2, 0.25) is 5.91 Å². The molecule has 0 saturated heterocycles. The second-order valence-electron chi connectivity index (χ2n) is 5.10. The topological polar surface area (TPSA) is 43.1 Å². The Kier molecular flexibility index (Phi) is 13.1. The molecule has 3 heteroatoms. The summed E-state index contributed by atoms with van der Waals surface area (Å²) in [6.07, 6.45) is 13.6. The third kappa shape index (κ3) is 12.3. The Morgan fingerprint density at radius 1 is 0.944 bits per heavy atom. The predicted octanol–water partition coefficient (Wildman–Crippen LogP) is 4.51. The van der Waals surface area contributed by atoms with Gasteiger partial charge in [0.1, 0.15) is 0 Å². The van der Waals surface area contributed by atoms with E-state index < -0.39 is 0 Å². The molecule has 0 aliphatic heterocycles. The van der Waals surface area contributed by atoms with Crippen LogP contribution in [-0.2, 0) is 4.79 Å². The number of amides is 1. The summed E-state index contributed by atoms with van der Waals surface area (Å²) in [6.45, 7) is 4.15. The third-order valence-electron chi connectivity index (χ3n) is 3.27. The number of unbranched alkanes of at least 4 members (excludes halogenated alkanes) is 9. The van der Waals surface area contributed by atoms with Gasteiger partial charge in [0.25, 0.3) is 0 Å². The van der Waals surface area contributed by atoms with Crippen LogP contribution in [0, 0.1) is 0 Å². The van der Waals surface area contributed by atoms with Gasteiger partial charge in [-0.05, 0) is 19.1 Å². The van der Waals surface area contributed by atoms with Crippen molar-refractivity contribution in [2.45, 2.75) is 83.3 Å². The van der Waals surface area contributed by atoms with E-state index in [4.69, 9.17) is 5.73 Å². The van der Waals surface area contributed by atoms with E-state index in [0.717, 1.165) is 5.75 Å². The summed E-state index contributed by atoms with van der Waals surface area (Å²) in [6, 6.07) is 0. The van der Waals surface area contributed by atoms with Crippen molar-refractivity contribution in [3.63, 3.8) is 0 Å². The van der Waals surface area contributed by atoms with Crippen LogP contribution in [0.15, 0.2) is 0 Å². The Morgan fingerprint density at radius 2 is 1.39 bits per heavy atom. The number of carbonyl (C=O) groups excluding carboxylic acids is 1. The molecule has 0 heterocycles. The van der Waals surface area contributed by atoms with Crippen LogP contribution in [0.4, 0.5) is 0 Å². The van der Waals surface area contributed by atoms with E-state index in [2.05, 4.69) is 6.92 Å². The van der Waals surface area contributed by atoms with Crippen LogP contribution in [-0.4, -0.2) is 16.9 Å². The number of nitrogens with two attached hydrogens (primary N) is 1. The van der Waals surface area contributed by atoms with E-state index in [-0.39, 0.29) is 11.2 Å². The molecule has 0 aromatic heterocycles. The number of hydrogen-bond donors (Lipinski definition) is 1. The van der Waals surface area contributed by atoms with Crippen LogP contribution < -0.4 is 5.73 Å². The van der Waals surface area contributed by atoms with E-state index in [1.807, 2.05) is 6.92 Å². The van der Waals surface area contributed by atoms with Crippen molar-refractivity contribution in [1.82, 2.24) is 0 Å². The molecule has 0 aromatic carbocycles. The van der Waals surface area contributed by atoms with Crippen LogP contribution in [0.25, 0.3) is 0 Å². The minimum Gasteiger partial charge on any atom is -0.369 e.